The number of amides is 1. The van der Waals surface area contributed by atoms with E-state index < -0.39 is 21.7 Å². The van der Waals surface area contributed by atoms with Crippen molar-refractivity contribution in [2.75, 3.05) is 30.4 Å². The van der Waals surface area contributed by atoms with E-state index in [0.29, 0.717) is 5.69 Å². The van der Waals surface area contributed by atoms with Gasteiger partial charge in [-0.05, 0) is 69.5 Å². The van der Waals surface area contributed by atoms with Crippen LogP contribution in [0.5, 0.6) is 0 Å². The summed E-state index contributed by atoms with van der Waals surface area (Å²) >= 11 is 0. The average molecular weight is 434 g/mol. The lowest BCUT2D eigenvalue weighted by molar-refractivity contribution is 0.102. The van der Waals surface area contributed by atoms with Crippen LogP contribution in [0.25, 0.3) is 0 Å². The van der Waals surface area contributed by atoms with Crippen LogP contribution in [0, 0.1) is 5.82 Å². The number of halogens is 1. The quantitative estimate of drug-likeness (QED) is 0.745. The van der Waals surface area contributed by atoms with Gasteiger partial charge in [-0.15, -0.1) is 0 Å². The highest BCUT2D eigenvalue weighted by Crippen LogP contribution is 2.30. The van der Waals surface area contributed by atoms with Gasteiger partial charge >= 0.3 is 0 Å². The second-order valence-corrected chi connectivity index (χ2v) is 9.80. The van der Waals surface area contributed by atoms with E-state index in [9.17, 15) is 17.6 Å². The minimum atomic E-state index is -3.71. The topological polar surface area (TPSA) is 69.7 Å². The summed E-state index contributed by atoms with van der Waals surface area (Å²) in [5, 5.41) is 2.77. The lowest BCUT2D eigenvalue weighted by Gasteiger charge is -2.30. The molecule has 0 unspecified atom stereocenters. The first-order valence-corrected chi connectivity index (χ1v) is 11.6. The number of hydrogen-bond acceptors (Lipinski definition) is 4. The predicted octanol–water partition coefficient (Wildman–Crippen LogP) is 4.10. The number of hydrogen-bond donors (Lipinski definition) is 1. The number of nitrogens with zero attached hydrogens (tertiary/aromatic N) is 2. The molecule has 1 fully saturated rings. The van der Waals surface area contributed by atoms with Crippen LogP contribution in [-0.4, -0.2) is 44.8 Å². The van der Waals surface area contributed by atoms with Gasteiger partial charge in [-0.2, -0.15) is 4.31 Å². The van der Waals surface area contributed by atoms with Crippen molar-refractivity contribution in [1.82, 2.24) is 4.31 Å². The van der Waals surface area contributed by atoms with Gasteiger partial charge in [0.2, 0.25) is 10.0 Å². The molecule has 0 aliphatic carbocycles. The van der Waals surface area contributed by atoms with Crippen LogP contribution >= 0.6 is 0 Å². The molecule has 8 heteroatoms. The third-order valence-corrected chi connectivity index (χ3v) is 7.43. The predicted molar refractivity (Wildman–Crippen MR) is 117 cm³/mol. The van der Waals surface area contributed by atoms with E-state index >= 15 is 0 Å². The molecule has 30 heavy (non-hydrogen) atoms. The molecule has 2 aromatic rings. The van der Waals surface area contributed by atoms with Crippen LogP contribution in [0.2, 0.25) is 0 Å². The van der Waals surface area contributed by atoms with Crippen LogP contribution in [0.3, 0.4) is 0 Å². The fourth-order valence-electron chi connectivity index (χ4n) is 3.46. The Bertz CT molecular complexity index is 1020. The van der Waals surface area contributed by atoms with Crippen molar-refractivity contribution in [1.29, 1.82) is 0 Å². The monoisotopic (exact) mass is 433 g/mol. The van der Waals surface area contributed by atoms with Crippen molar-refractivity contribution in [3.8, 4) is 0 Å². The Morgan fingerprint density at radius 2 is 1.80 bits per heavy atom. The zero-order valence-corrected chi connectivity index (χ0v) is 18.4. The van der Waals surface area contributed by atoms with Crippen molar-refractivity contribution in [2.24, 2.45) is 0 Å². The lowest BCUT2D eigenvalue weighted by atomic mass is 10.1. The first-order valence-electron chi connectivity index (χ1n) is 10.1. The highest BCUT2D eigenvalue weighted by Gasteiger charge is 2.24. The van der Waals surface area contributed by atoms with Crippen molar-refractivity contribution in [2.45, 2.75) is 44.0 Å². The van der Waals surface area contributed by atoms with E-state index in [1.807, 2.05) is 0 Å². The molecule has 0 saturated carbocycles. The molecule has 6 nitrogen and oxygen atoms in total. The molecule has 0 radical (unpaired) electrons. The maximum absolute atomic E-state index is 13.9. The van der Waals surface area contributed by atoms with E-state index in [4.69, 9.17) is 0 Å². The molecule has 1 heterocycles. The van der Waals surface area contributed by atoms with Gasteiger partial charge in [-0.3, -0.25) is 4.79 Å². The Hall–Kier alpha value is -2.45. The number of carbonyl (C=O) groups excluding carboxylic acids is 1. The first-order chi connectivity index (χ1) is 14.2. The average Bonchev–Trinajstić information content (AvgIpc) is 2.74. The molecule has 162 valence electrons. The molecule has 2 aromatic carbocycles. The number of sulfonamides is 1. The molecule has 1 N–H and O–H groups in total. The van der Waals surface area contributed by atoms with E-state index in [2.05, 4.69) is 10.2 Å². The van der Waals surface area contributed by atoms with Gasteiger partial charge in [-0.1, -0.05) is 6.07 Å². The van der Waals surface area contributed by atoms with Crippen LogP contribution in [0.1, 0.15) is 43.5 Å². The Balaban J connectivity index is 1.88. The first kappa shape index (κ1) is 22.2. The van der Waals surface area contributed by atoms with E-state index in [0.717, 1.165) is 38.0 Å². The fraction of sp³-hybridized carbons (Fsp3) is 0.409. The van der Waals surface area contributed by atoms with Crippen molar-refractivity contribution in [3.63, 3.8) is 0 Å². The summed E-state index contributed by atoms with van der Waals surface area (Å²) in [6.45, 7) is 5.26. The van der Waals surface area contributed by atoms with Crippen LogP contribution in [-0.2, 0) is 10.0 Å². The standard InChI is InChI=1S/C22H28FN3O3S/c1-16(2)25(3)30(28,29)19-9-7-8-17(14-19)22(27)24-20-15-18(23)10-11-21(20)26-12-5-4-6-13-26/h7-11,14-16H,4-6,12-13H2,1-3H3,(H,24,27). The fourth-order valence-corrected chi connectivity index (χ4v) is 4.87. The second-order valence-electron chi connectivity index (χ2n) is 7.81. The number of piperidine rings is 1. The van der Waals surface area contributed by atoms with Crippen LogP contribution < -0.4 is 10.2 Å². The summed E-state index contributed by atoms with van der Waals surface area (Å²) in [4.78, 5) is 15.1. The normalized spacial score (nSPS) is 14.9. The smallest absolute Gasteiger partial charge is 0.255 e. The maximum Gasteiger partial charge on any atom is 0.255 e. The van der Waals surface area contributed by atoms with Crippen LogP contribution in [0.4, 0.5) is 15.8 Å². The molecular weight excluding hydrogens is 405 g/mol. The van der Waals surface area contributed by atoms with Gasteiger partial charge in [-0.25, -0.2) is 12.8 Å². The molecule has 0 aromatic heterocycles. The largest absolute Gasteiger partial charge is 0.370 e. The molecule has 3 rings (SSSR count). The SMILES string of the molecule is CC(C)N(C)S(=O)(=O)c1cccc(C(=O)Nc2cc(F)ccc2N2CCCCC2)c1. The van der Waals surface area contributed by atoms with Gasteiger partial charge < -0.3 is 10.2 Å². The van der Waals surface area contributed by atoms with Crippen LogP contribution in [0.15, 0.2) is 47.4 Å². The molecule has 1 amide bonds. The Morgan fingerprint density at radius 1 is 1.10 bits per heavy atom. The van der Waals surface area contributed by atoms with Gasteiger partial charge in [0, 0.05) is 31.7 Å². The Morgan fingerprint density at radius 3 is 2.47 bits per heavy atom. The highest BCUT2D eigenvalue weighted by molar-refractivity contribution is 7.89. The zero-order chi connectivity index (χ0) is 21.9. The van der Waals surface area contributed by atoms with Crippen molar-refractivity contribution >= 4 is 27.3 Å². The minimum Gasteiger partial charge on any atom is -0.370 e. The molecule has 0 atom stereocenters. The van der Waals surface area contributed by atoms with Gasteiger partial charge in [0.25, 0.3) is 5.91 Å². The van der Waals surface area contributed by atoms with Gasteiger partial charge in [0.1, 0.15) is 5.82 Å². The third kappa shape index (κ3) is 4.82. The summed E-state index contributed by atoms with van der Waals surface area (Å²) in [5.74, 6) is -0.927. The summed E-state index contributed by atoms with van der Waals surface area (Å²) < 4.78 is 40.7. The number of anilines is 2. The summed E-state index contributed by atoms with van der Waals surface area (Å²) in [7, 11) is -2.21. The number of nitrogens with one attached hydrogen (secondary N) is 1. The lowest BCUT2D eigenvalue weighted by Crippen LogP contribution is -2.33. The summed E-state index contributed by atoms with van der Waals surface area (Å²) in [5.41, 5.74) is 1.35. The number of carbonyl (C=O) groups is 1. The third-order valence-electron chi connectivity index (χ3n) is 5.40. The van der Waals surface area contributed by atoms with Crippen molar-refractivity contribution in [3.05, 3.63) is 53.8 Å². The molecule has 1 aliphatic rings. The molecule has 1 aliphatic heterocycles. The summed E-state index contributed by atoms with van der Waals surface area (Å²) in [6.07, 6.45) is 3.26. The van der Waals surface area contributed by atoms with Gasteiger partial charge in [0.15, 0.2) is 0 Å². The maximum atomic E-state index is 13.9. The molecule has 0 bridgehead atoms. The Labute approximate surface area is 177 Å². The van der Waals surface area contributed by atoms with E-state index in [1.54, 1.807) is 26.0 Å². The highest BCUT2D eigenvalue weighted by atomic mass is 32.2. The second kappa shape index (κ2) is 9.14. The number of benzene rings is 2. The van der Waals surface area contributed by atoms with E-state index in [1.165, 1.54) is 41.7 Å². The molecular formula is C22H28FN3O3S. The van der Waals surface area contributed by atoms with Crippen molar-refractivity contribution < 1.29 is 17.6 Å². The Kier molecular flexibility index (Phi) is 6.77. The summed E-state index contributed by atoms with van der Waals surface area (Å²) in [6, 6.07) is 10.0. The number of rotatable bonds is 6. The minimum absolute atomic E-state index is 0.0434. The zero-order valence-electron chi connectivity index (χ0n) is 17.6. The molecule has 0 spiro atoms. The molecule has 1 saturated heterocycles. The van der Waals surface area contributed by atoms with E-state index in [-0.39, 0.29) is 16.5 Å². The van der Waals surface area contributed by atoms with Gasteiger partial charge in [0.05, 0.1) is 16.3 Å².